The smallest absolute Gasteiger partial charge is 0.251 e. The maximum absolute atomic E-state index is 11.5. The number of hydrogen-bond donors (Lipinski definition) is 0. The molecule has 0 radical (unpaired) electrons. The average Bonchev–Trinajstić information content (AvgIpc) is 2.13. The molecular formula is C8H11F7O. The highest BCUT2D eigenvalue weighted by Gasteiger charge is 2.87. The molecule has 1 fully saturated rings. The van der Waals surface area contributed by atoms with E-state index >= 15 is 0 Å². The number of rotatable bonds is 3. The molecule has 0 aromatic heterocycles. The fourth-order valence-electron chi connectivity index (χ4n) is 0.757. The summed E-state index contributed by atoms with van der Waals surface area (Å²) < 4.78 is 81.9. The molecule has 0 N–H and O–H groups in total. The third kappa shape index (κ3) is 2.99. The molecule has 0 atom stereocenters. The van der Waals surface area contributed by atoms with Crippen LogP contribution >= 0.6 is 0 Å². The van der Waals surface area contributed by atoms with E-state index in [0.29, 0.717) is 0 Å². The van der Waals surface area contributed by atoms with E-state index in [0.717, 1.165) is 19.3 Å². The minimum absolute atomic E-state index is 0.145. The maximum Gasteiger partial charge on any atom is 0.433 e. The highest BCUT2D eigenvalue weighted by atomic mass is 19.4. The molecule has 0 bridgehead atoms. The normalized spacial score (nSPS) is 24.0. The van der Waals surface area contributed by atoms with Crippen molar-refractivity contribution < 1.29 is 35.5 Å². The van der Waals surface area contributed by atoms with Crippen LogP contribution in [0.3, 0.4) is 0 Å². The second kappa shape index (κ2) is 5.20. The molecule has 0 unspecified atom stereocenters. The maximum atomic E-state index is 11.5. The summed E-state index contributed by atoms with van der Waals surface area (Å²) in [6.07, 6.45) is -7.16. The van der Waals surface area contributed by atoms with E-state index in [1.54, 1.807) is 0 Å². The van der Waals surface area contributed by atoms with Gasteiger partial charge in [-0.2, -0.15) is 26.3 Å². The molecule has 1 rings (SSSR count). The number of alkyl halides is 7. The molecule has 0 aliphatic carbocycles. The van der Waals surface area contributed by atoms with Gasteiger partial charge in [0.2, 0.25) is 0 Å². The topological polar surface area (TPSA) is 9.23 Å². The van der Waals surface area contributed by atoms with Gasteiger partial charge in [-0.15, -0.1) is 0 Å². The third-order valence-electron chi connectivity index (χ3n) is 1.72. The van der Waals surface area contributed by atoms with Crippen LogP contribution in [0.4, 0.5) is 30.7 Å². The van der Waals surface area contributed by atoms with Gasteiger partial charge in [0.25, 0.3) is 0 Å². The van der Waals surface area contributed by atoms with Gasteiger partial charge in [-0.25, -0.2) is 4.74 Å². The first-order chi connectivity index (χ1) is 7.12. The molecule has 0 amide bonds. The minimum Gasteiger partial charge on any atom is -0.251 e. The van der Waals surface area contributed by atoms with E-state index in [1.807, 2.05) is 0 Å². The molecule has 0 aromatic rings. The first-order valence-corrected chi connectivity index (χ1v) is 4.52. The molecule has 0 saturated carbocycles. The van der Waals surface area contributed by atoms with Gasteiger partial charge >= 0.3 is 18.1 Å². The molecule has 1 aliphatic heterocycles. The molecule has 98 valence electrons. The Morgan fingerprint density at radius 3 is 1.38 bits per heavy atom. The third-order valence-corrected chi connectivity index (χ3v) is 1.72. The quantitative estimate of drug-likeness (QED) is 0.548. The Balaban J connectivity index is 0.000000325. The van der Waals surface area contributed by atoms with Gasteiger partial charge in [-0.3, -0.25) is 4.39 Å². The summed E-state index contributed by atoms with van der Waals surface area (Å²) in [5.74, 6) is -5.38. The van der Waals surface area contributed by atoms with Crippen LogP contribution in [0.2, 0.25) is 0 Å². The van der Waals surface area contributed by atoms with Crippen molar-refractivity contribution in [3.63, 3.8) is 0 Å². The van der Waals surface area contributed by atoms with Crippen molar-refractivity contribution in [2.45, 2.75) is 44.3 Å². The Labute approximate surface area is 87.6 Å². The van der Waals surface area contributed by atoms with E-state index in [1.165, 1.54) is 0 Å². The molecule has 0 aromatic carbocycles. The number of halogens is 7. The summed E-state index contributed by atoms with van der Waals surface area (Å²) in [4.78, 5) is 0. The lowest BCUT2D eigenvalue weighted by Crippen LogP contribution is -2.69. The van der Waals surface area contributed by atoms with Gasteiger partial charge in [0, 0.05) is 0 Å². The second-order valence-electron chi connectivity index (χ2n) is 3.11. The SMILES string of the molecule is CCCCCF.FC1(F)OC(F)(F)C1(F)F. The molecule has 16 heavy (non-hydrogen) atoms. The van der Waals surface area contributed by atoms with E-state index in [4.69, 9.17) is 0 Å². The van der Waals surface area contributed by atoms with Crippen molar-refractivity contribution >= 4 is 0 Å². The molecule has 0 spiro atoms. The van der Waals surface area contributed by atoms with Gasteiger partial charge in [-0.05, 0) is 6.42 Å². The van der Waals surface area contributed by atoms with Crippen molar-refractivity contribution in [2.75, 3.05) is 6.67 Å². The summed E-state index contributed by atoms with van der Waals surface area (Å²) in [5.41, 5.74) is 0. The van der Waals surface area contributed by atoms with Crippen LogP contribution in [0.25, 0.3) is 0 Å². The molecule has 1 saturated heterocycles. The Hall–Kier alpha value is -0.530. The van der Waals surface area contributed by atoms with Crippen molar-refractivity contribution in [1.29, 1.82) is 0 Å². The predicted octanol–water partition coefficient (Wildman–Crippen LogP) is 3.98. The minimum atomic E-state index is -5.38. The van der Waals surface area contributed by atoms with E-state index in [-0.39, 0.29) is 6.67 Å². The number of ether oxygens (including phenoxy) is 1. The summed E-state index contributed by atoms with van der Waals surface area (Å²) in [6.45, 7) is 1.92. The van der Waals surface area contributed by atoms with Crippen molar-refractivity contribution in [1.82, 2.24) is 0 Å². The van der Waals surface area contributed by atoms with E-state index in [9.17, 15) is 30.7 Å². The fraction of sp³-hybridized carbons (Fsp3) is 1.00. The summed E-state index contributed by atoms with van der Waals surface area (Å²) in [5, 5.41) is 0. The average molecular weight is 256 g/mol. The highest BCUT2D eigenvalue weighted by molar-refractivity contribution is 4.95. The lowest BCUT2D eigenvalue weighted by Gasteiger charge is -2.41. The van der Waals surface area contributed by atoms with E-state index in [2.05, 4.69) is 11.7 Å². The first-order valence-electron chi connectivity index (χ1n) is 4.52. The Kier molecular flexibility index (Phi) is 5.03. The zero-order valence-corrected chi connectivity index (χ0v) is 8.38. The predicted molar refractivity (Wildman–Crippen MR) is 41.4 cm³/mol. The molecule has 1 aliphatic rings. The zero-order valence-electron chi connectivity index (χ0n) is 8.38. The van der Waals surface area contributed by atoms with Gasteiger partial charge in [0.05, 0.1) is 6.67 Å². The monoisotopic (exact) mass is 256 g/mol. The summed E-state index contributed by atoms with van der Waals surface area (Å²) >= 11 is 0. The van der Waals surface area contributed by atoms with Crippen LogP contribution in [-0.2, 0) is 4.74 Å². The zero-order chi connectivity index (χ0) is 13.0. The van der Waals surface area contributed by atoms with Gasteiger partial charge < -0.3 is 0 Å². The Morgan fingerprint density at radius 2 is 1.31 bits per heavy atom. The second-order valence-corrected chi connectivity index (χ2v) is 3.11. The first kappa shape index (κ1) is 15.5. The van der Waals surface area contributed by atoms with Gasteiger partial charge in [0.15, 0.2) is 0 Å². The fourth-order valence-corrected chi connectivity index (χ4v) is 0.757. The molecule has 1 heterocycles. The van der Waals surface area contributed by atoms with Crippen LogP contribution in [0.1, 0.15) is 26.2 Å². The van der Waals surface area contributed by atoms with Crippen LogP contribution in [0, 0.1) is 0 Å². The Bertz CT molecular complexity index is 196. The molecule has 1 nitrogen and oxygen atoms in total. The van der Waals surface area contributed by atoms with Crippen LogP contribution in [-0.4, -0.2) is 24.8 Å². The molecule has 8 heteroatoms. The standard InChI is InChI=1S/C5H11F.C3F6O/c1-2-3-4-5-6;4-1(5)2(6,7)10-3(1,8)9/h2-5H2,1H3;. The molecular weight excluding hydrogens is 245 g/mol. The van der Waals surface area contributed by atoms with Crippen molar-refractivity contribution in [2.24, 2.45) is 0 Å². The largest absolute Gasteiger partial charge is 0.433 e. The number of hydrogen-bond acceptors (Lipinski definition) is 1. The van der Waals surface area contributed by atoms with Gasteiger partial charge in [-0.1, -0.05) is 19.8 Å². The summed E-state index contributed by atoms with van der Waals surface area (Å²) in [7, 11) is 0. The van der Waals surface area contributed by atoms with Crippen LogP contribution in [0.5, 0.6) is 0 Å². The van der Waals surface area contributed by atoms with Gasteiger partial charge in [0.1, 0.15) is 0 Å². The van der Waals surface area contributed by atoms with Crippen molar-refractivity contribution in [3.05, 3.63) is 0 Å². The lowest BCUT2D eigenvalue weighted by molar-refractivity contribution is -0.583. The van der Waals surface area contributed by atoms with Crippen LogP contribution < -0.4 is 0 Å². The highest BCUT2D eigenvalue weighted by Crippen LogP contribution is 2.57. The lowest BCUT2D eigenvalue weighted by atomic mass is 10.2. The van der Waals surface area contributed by atoms with Crippen LogP contribution in [0.15, 0.2) is 0 Å². The summed E-state index contributed by atoms with van der Waals surface area (Å²) in [6, 6.07) is 0. The number of unbranched alkanes of at least 4 members (excludes halogenated alkanes) is 2. The Morgan fingerprint density at radius 1 is 0.875 bits per heavy atom. The van der Waals surface area contributed by atoms with Crippen molar-refractivity contribution in [3.8, 4) is 0 Å². The van der Waals surface area contributed by atoms with E-state index < -0.39 is 18.1 Å².